The molecule has 1 nitrogen and oxygen atoms in total. The van der Waals surface area contributed by atoms with E-state index in [0.29, 0.717) is 5.41 Å². The number of fused-ring (bicyclic) bond motifs is 1. The molecule has 0 spiro atoms. The summed E-state index contributed by atoms with van der Waals surface area (Å²) in [5.74, 6) is 0. The fraction of sp³-hybridized carbons (Fsp3) is 0.600. The van der Waals surface area contributed by atoms with E-state index >= 15 is 0 Å². The first-order valence-electron chi connectivity index (χ1n) is 6.56. The fourth-order valence-electron chi connectivity index (χ4n) is 3.11. The zero-order valence-corrected chi connectivity index (χ0v) is 11.8. The Morgan fingerprint density at radius 2 is 2.12 bits per heavy atom. The van der Waals surface area contributed by atoms with Gasteiger partial charge in [0.1, 0.15) is 0 Å². The molecule has 1 saturated heterocycles. The maximum atomic E-state index is 5.59. The Kier molecular flexibility index (Phi) is 3.27. The molecule has 0 N–H and O–H groups in total. The van der Waals surface area contributed by atoms with Crippen LogP contribution in [0.15, 0.2) is 18.2 Å². The van der Waals surface area contributed by atoms with E-state index in [9.17, 15) is 0 Å². The van der Waals surface area contributed by atoms with Crippen molar-refractivity contribution in [1.82, 2.24) is 0 Å². The molecule has 0 amide bonds. The second-order valence-corrected chi connectivity index (χ2v) is 6.13. The first kappa shape index (κ1) is 11.7. The Hall–Kier alpha value is -0.340. The van der Waals surface area contributed by atoms with Crippen LogP contribution in [0.1, 0.15) is 29.5 Å². The number of ether oxygens (including phenoxy) is 1. The summed E-state index contributed by atoms with van der Waals surface area (Å²) < 4.78 is 5.59. The van der Waals surface area contributed by atoms with Gasteiger partial charge in [-0.25, -0.2) is 0 Å². The van der Waals surface area contributed by atoms with Crippen molar-refractivity contribution in [3.8, 4) is 0 Å². The molecule has 1 heterocycles. The number of aryl methyl sites for hydroxylation is 2. The first-order valence-corrected chi connectivity index (χ1v) is 7.68. The van der Waals surface area contributed by atoms with Gasteiger partial charge in [0.2, 0.25) is 0 Å². The van der Waals surface area contributed by atoms with Crippen LogP contribution < -0.4 is 0 Å². The zero-order chi connectivity index (χ0) is 11.7. The first-order chi connectivity index (χ1) is 8.31. The Morgan fingerprint density at radius 3 is 2.88 bits per heavy atom. The van der Waals surface area contributed by atoms with Crippen LogP contribution in [0.25, 0.3) is 0 Å². The molecule has 0 bridgehead atoms. The van der Waals surface area contributed by atoms with Gasteiger partial charge in [0, 0.05) is 17.4 Å². The molecule has 1 aliphatic heterocycles. The molecular formula is C15H19BrO. The topological polar surface area (TPSA) is 9.23 Å². The van der Waals surface area contributed by atoms with Crippen molar-refractivity contribution in [2.24, 2.45) is 5.41 Å². The van der Waals surface area contributed by atoms with Gasteiger partial charge in [0.15, 0.2) is 0 Å². The summed E-state index contributed by atoms with van der Waals surface area (Å²) >= 11 is 3.67. The van der Waals surface area contributed by atoms with Crippen molar-refractivity contribution in [2.45, 2.75) is 32.1 Å². The molecule has 0 radical (unpaired) electrons. The second kappa shape index (κ2) is 4.74. The van der Waals surface area contributed by atoms with Crippen molar-refractivity contribution < 1.29 is 4.74 Å². The summed E-state index contributed by atoms with van der Waals surface area (Å²) in [7, 11) is 0. The molecular weight excluding hydrogens is 276 g/mol. The molecule has 2 heteroatoms. The number of benzene rings is 1. The van der Waals surface area contributed by atoms with Gasteiger partial charge in [-0.05, 0) is 48.8 Å². The third-order valence-electron chi connectivity index (χ3n) is 4.21. The normalized spacial score (nSPS) is 27.4. The molecule has 92 valence electrons. The number of halogens is 1. The summed E-state index contributed by atoms with van der Waals surface area (Å²) in [5, 5.41) is 1.05. The van der Waals surface area contributed by atoms with Crippen LogP contribution >= 0.6 is 15.9 Å². The predicted octanol–water partition coefficient (Wildman–Crippen LogP) is 3.52. The average molecular weight is 295 g/mol. The number of hydrogen-bond acceptors (Lipinski definition) is 1. The van der Waals surface area contributed by atoms with Crippen LogP contribution in [-0.4, -0.2) is 18.5 Å². The quantitative estimate of drug-likeness (QED) is 0.775. The highest BCUT2D eigenvalue weighted by Gasteiger charge is 2.34. The van der Waals surface area contributed by atoms with Gasteiger partial charge >= 0.3 is 0 Å². The van der Waals surface area contributed by atoms with Crippen molar-refractivity contribution in [3.63, 3.8) is 0 Å². The Labute approximate surface area is 112 Å². The van der Waals surface area contributed by atoms with Crippen molar-refractivity contribution in [3.05, 3.63) is 34.9 Å². The molecule has 1 aromatic rings. The molecule has 0 aromatic heterocycles. The smallest absolute Gasteiger partial charge is 0.0534 e. The van der Waals surface area contributed by atoms with Gasteiger partial charge in [0.25, 0.3) is 0 Å². The average Bonchev–Trinajstić information content (AvgIpc) is 2.97. The minimum atomic E-state index is 0.340. The molecule has 1 atom stereocenters. The van der Waals surface area contributed by atoms with Crippen LogP contribution in [0.3, 0.4) is 0 Å². The SMILES string of the molecule is BrCC1(Cc2ccc3c(c2)CCC3)CCOC1. The highest BCUT2D eigenvalue weighted by molar-refractivity contribution is 9.09. The molecule has 1 aliphatic carbocycles. The molecule has 2 aliphatic rings. The maximum absolute atomic E-state index is 5.59. The molecule has 1 unspecified atom stereocenters. The van der Waals surface area contributed by atoms with Gasteiger partial charge in [0.05, 0.1) is 6.61 Å². The monoisotopic (exact) mass is 294 g/mol. The van der Waals surface area contributed by atoms with Crippen LogP contribution in [0, 0.1) is 5.41 Å². The molecule has 1 aromatic carbocycles. The maximum Gasteiger partial charge on any atom is 0.0534 e. The fourth-order valence-corrected chi connectivity index (χ4v) is 3.75. The summed E-state index contributed by atoms with van der Waals surface area (Å²) in [6.45, 7) is 1.84. The lowest BCUT2D eigenvalue weighted by Gasteiger charge is -2.25. The number of hydrogen-bond donors (Lipinski definition) is 0. The lowest BCUT2D eigenvalue weighted by molar-refractivity contribution is 0.162. The van der Waals surface area contributed by atoms with Gasteiger partial charge in [-0.3, -0.25) is 0 Å². The Morgan fingerprint density at radius 1 is 1.24 bits per heavy atom. The van der Waals surface area contributed by atoms with Gasteiger partial charge in [-0.2, -0.15) is 0 Å². The van der Waals surface area contributed by atoms with E-state index in [1.165, 1.54) is 31.2 Å². The van der Waals surface area contributed by atoms with E-state index in [1.807, 2.05) is 0 Å². The molecule has 1 fully saturated rings. The number of rotatable bonds is 3. The summed E-state index contributed by atoms with van der Waals surface area (Å²) in [5.41, 5.74) is 5.00. The standard InChI is InChI=1S/C15H19BrO/c16-10-15(6-7-17-11-15)9-12-4-5-13-2-1-3-14(13)8-12/h4-5,8H,1-3,6-7,9-11H2. The zero-order valence-electron chi connectivity index (χ0n) is 10.2. The van der Waals surface area contributed by atoms with E-state index in [2.05, 4.69) is 34.1 Å². The van der Waals surface area contributed by atoms with E-state index in [0.717, 1.165) is 25.0 Å². The van der Waals surface area contributed by atoms with E-state index in [1.54, 1.807) is 11.1 Å². The minimum Gasteiger partial charge on any atom is -0.381 e. The Balaban J connectivity index is 1.80. The van der Waals surface area contributed by atoms with E-state index in [-0.39, 0.29) is 0 Å². The Bertz CT molecular complexity index is 407. The largest absolute Gasteiger partial charge is 0.381 e. The van der Waals surface area contributed by atoms with Crippen LogP contribution in [0.4, 0.5) is 0 Å². The van der Waals surface area contributed by atoms with E-state index in [4.69, 9.17) is 4.74 Å². The predicted molar refractivity (Wildman–Crippen MR) is 73.8 cm³/mol. The summed E-state index contributed by atoms with van der Waals surface area (Å²) in [6.07, 6.45) is 6.25. The lowest BCUT2D eigenvalue weighted by atomic mass is 9.82. The summed E-state index contributed by atoms with van der Waals surface area (Å²) in [4.78, 5) is 0. The highest BCUT2D eigenvalue weighted by Crippen LogP contribution is 2.35. The van der Waals surface area contributed by atoms with E-state index < -0.39 is 0 Å². The lowest BCUT2D eigenvalue weighted by Crippen LogP contribution is -2.25. The highest BCUT2D eigenvalue weighted by atomic mass is 79.9. The molecule has 3 rings (SSSR count). The van der Waals surface area contributed by atoms with Gasteiger partial charge < -0.3 is 4.74 Å². The molecule has 0 saturated carbocycles. The van der Waals surface area contributed by atoms with Gasteiger partial charge in [-0.1, -0.05) is 34.1 Å². The van der Waals surface area contributed by atoms with Crippen molar-refractivity contribution in [2.75, 3.05) is 18.5 Å². The molecule has 17 heavy (non-hydrogen) atoms. The summed E-state index contributed by atoms with van der Waals surface area (Å²) in [6, 6.07) is 7.10. The second-order valence-electron chi connectivity index (χ2n) is 5.57. The van der Waals surface area contributed by atoms with Crippen LogP contribution in [0.5, 0.6) is 0 Å². The van der Waals surface area contributed by atoms with Gasteiger partial charge in [-0.15, -0.1) is 0 Å². The van der Waals surface area contributed by atoms with Crippen LogP contribution in [-0.2, 0) is 24.0 Å². The third-order valence-corrected chi connectivity index (χ3v) is 5.40. The van der Waals surface area contributed by atoms with Crippen LogP contribution in [0.2, 0.25) is 0 Å². The minimum absolute atomic E-state index is 0.340. The van der Waals surface area contributed by atoms with Crippen molar-refractivity contribution >= 4 is 15.9 Å². The number of alkyl halides is 1. The van der Waals surface area contributed by atoms with Crippen molar-refractivity contribution in [1.29, 1.82) is 0 Å². The third kappa shape index (κ3) is 2.30.